The first-order valence-corrected chi connectivity index (χ1v) is 24.3. The van der Waals surface area contributed by atoms with Crippen LogP contribution >= 0.6 is 31.7 Å². The summed E-state index contributed by atoms with van der Waals surface area (Å²) in [6, 6.07) is 92.3. The summed E-state index contributed by atoms with van der Waals surface area (Å²) in [6.07, 6.45) is 0. The molecule has 0 aliphatic carbocycles. The van der Waals surface area contributed by atoms with Crippen LogP contribution in [0.4, 0.5) is 0 Å². The third-order valence-electron chi connectivity index (χ3n) is 10.1. The summed E-state index contributed by atoms with van der Waals surface area (Å²) in [5.41, 5.74) is 0.205. The summed E-state index contributed by atoms with van der Waals surface area (Å²) in [7, 11) is -4.04. The Balaban J connectivity index is 1.62. The van der Waals surface area contributed by atoms with Gasteiger partial charge in [-0.1, -0.05) is 250 Å². The fourth-order valence-electron chi connectivity index (χ4n) is 7.86. The predicted octanol–water partition coefficient (Wildman–Crippen LogP) is 10.6. The van der Waals surface area contributed by atoms with Crippen molar-refractivity contribution < 1.29 is 0 Å². The van der Waals surface area contributed by atoms with Crippen LogP contribution < -0.4 is 42.4 Å². The van der Waals surface area contributed by atoms with Gasteiger partial charge < -0.3 is 0 Å². The highest BCUT2D eigenvalue weighted by atomic mass is 31.2. The van der Waals surface area contributed by atoms with E-state index in [4.69, 9.17) is 0 Å². The molecule has 0 saturated carbocycles. The monoisotopic (exact) mass is 780 g/mol. The molecule has 8 rings (SSSR count). The molecular weight excluding hydrogens is 736 g/mol. The molecule has 1 atom stereocenters. The van der Waals surface area contributed by atoms with Crippen molar-refractivity contribution in [2.45, 2.75) is 17.2 Å². The summed E-state index contributed by atoms with van der Waals surface area (Å²) in [4.78, 5) is 0. The van der Waals surface area contributed by atoms with Gasteiger partial charge in [0.2, 0.25) is 0 Å². The second kappa shape index (κ2) is 18.0. The minimum atomic E-state index is -1.05. The molecule has 0 N–H and O–H groups in total. The molecule has 1 unspecified atom stereocenters. The van der Waals surface area contributed by atoms with Crippen molar-refractivity contribution in [3.05, 3.63) is 243 Å². The van der Waals surface area contributed by atoms with Gasteiger partial charge in [-0.2, -0.15) is 0 Å². The summed E-state index contributed by atoms with van der Waals surface area (Å²) >= 11 is 0. The topological polar surface area (TPSA) is 0 Å². The molecule has 0 aliphatic heterocycles. The lowest BCUT2D eigenvalue weighted by Gasteiger charge is -2.57. The van der Waals surface area contributed by atoms with Gasteiger partial charge in [-0.25, -0.2) is 0 Å². The van der Waals surface area contributed by atoms with Crippen LogP contribution in [0.25, 0.3) is 0 Å². The van der Waals surface area contributed by atoms with Gasteiger partial charge in [-0.15, -0.1) is 0 Å². The van der Waals surface area contributed by atoms with Gasteiger partial charge in [-0.3, -0.25) is 0 Å². The quantitative estimate of drug-likeness (QED) is 0.102. The van der Waals surface area contributed by atoms with Gasteiger partial charge in [0.15, 0.2) is 0 Å². The van der Waals surface area contributed by atoms with Gasteiger partial charge in [0.25, 0.3) is 0 Å². The first kappa shape index (κ1) is 37.4. The standard InChI is InChI=1S/C51H44P4/c1-42(52(43-26-10-2-11-27-43)44-28-12-3-13-29-44)51(53(45-30-14-4-15-31-45)46-32-16-5-17-33-46,54(47-34-18-6-19-35-47)48-36-20-7-21-37-48)55(49-38-22-8-23-39-49)50-40-24-9-25-41-50/h2-42H,1H3. The normalized spacial score (nSPS) is 12.3. The number of rotatable bonds is 13. The number of hydrogen-bond donors (Lipinski definition) is 0. The number of hydrogen-bond acceptors (Lipinski definition) is 0. The zero-order valence-electron chi connectivity index (χ0n) is 31.0. The highest BCUT2D eigenvalue weighted by molar-refractivity contribution is 8.06. The Kier molecular flexibility index (Phi) is 12.2. The molecule has 55 heavy (non-hydrogen) atoms. The van der Waals surface area contributed by atoms with E-state index in [0.717, 1.165) is 0 Å². The van der Waals surface area contributed by atoms with Crippen LogP contribution in [-0.2, 0) is 0 Å². The third kappa shape index (κ3) is 7.81. The Bertz CT molecular complexity index is 1970. The minimum absolute atomic E-state index is 0.205. The second-order valence-corrected chi connectivity index (χ2v) is 24.3. The summed E-state index contributed by atoms with van der Waals surface area (Å²) in [6.45, 7) is 2.65. The fraction of sp³-hybridized carbons (Fsp3) is 0.0588. The molecule has 4 heteroatoms. The van der Waals surface area contributed by atoms with E-state index in [-0.39, 0.29) is 10.3 Å². The predicted molar refractivity (Wildman–Crippen MR) is 248 cm³/mol. The fourth-order valence-corrected chi connectivity index (χ4v) is 26.1. The van der Waals surface area contributed by atoms with Gasteiger partial charge in [0.1, 0.15) is 0 Å². The maximum atomic E-state index is 2.65. The molecule has 0 aliphatic rings. The van der Waals surface area contributed by atoms with E-state index in [1.54, 1.807) is 0 Å². The van der Waals surface area contributed by atoms with Crippen molar-refractivity contribution in [3.63, 3.8) is 0 Å². The molecule has 0 aromatic heterocycles. The molecule has 0 nitrogen and oxygen atoms in total. The van der Waals surface area contributed by atoms with Crippen LogP contribution in [0, 0.1) is 0 Å². The molecule has 0 amide bonds. The lowest BCUT2D eigenvalue weighted by atomic mass is 10.4. The van der Waals surface area contributed by atoms with Gasteiger partial charge in [-0.05, 0) is 74.1 Å². The summed E-state index contributed by atoms with van der Waals surface area (Å²) in [5.74, 6) is 0. The minimum Gasteiger partial charge on any atom is -0.0622 e. The lowest BCUT2D eigenvalue weighted by molar-refractivity contribution is 0.997. The lowest BCUT2D eigenvalue weighted by Crippen LogP contribution is -2.49. The van der Waals surface area contributed by atoms with Crippen LogP contribution in [0.1, 0.15) is 6.92 Å². The highest BCUT2D eigenvalue weighted by Crippen LogP contribution is 2.82. The highest BCUT2D eigenvalue weighted by Gasteiger charge is 2.59. The second-order valence-electron chi connectivity index (χ2n) is 13.4. The smallest absolute Gasteiger partial charge is 0.0616 e. The van der Waals surface area contributed by atoms with Gasteiger partial charge in [0.05, 0.1) is 4.64 Å². The van der Waals surface area contributed by atoms with Crippen LogP contribution in [0.3, 0.4) is 0 Å². The van der Waals surface area contributed by atoms with E-state index in [9.17, 15) is 0 Å². The van der Waals surface area contributed by atoms with Gasteiger partial charge >= 0.3 is 0 Å². The molecule has 268 valence electrons. The zero-order valence-corrected chi connectivity index (χ0v) is 34.5. The molecule has 0 radical (unpaired) electrons. The summed E-state index contributed by atoms with van der Waals surface area (Å²) in [5, 5.41) is 11.4. The first-order chi connectivity index (χ1) is 27.3. The van der Waals surface area contributed by atoms with Crippen LogP contribution in [-0.4, -0.2) is 10.3 Å². The van der Waals surface area contributed by atoms with E-state index in [0.29, 0.717) is 0 Å². The van der Waals surface area contributed by atoms with E-state index in [2.05, 4.69) is 250 Å². The average Bonchev–Trinajstić information content (AvgIpc) is 3.27. The third-order valence-corrected chi connectivity index (χ3v) is 25.2. The van der Waals surface area contributed by atoms with Crippen molar-refractivity contribution >= 4 is 74.1 Å². The van der Waals surface area contributed by atoms with Gasteiger partial charge in [0, 0.05) is 5.66 Å². The average molecular weight is 781 g/mol. The van der Waals surface area contributed by atoms with E-state index in [1.807, 2.05) is 0 Å². The number of benzene rings is 8. The molecule has 0 bridgehead atoms. The molecule has 0 heterocycles. The maximum Gasteiger partial charge on any atom is 0.0616 e. The van der Waals surface area contributed by atoms with Crippen molar-refractivity contribution in [2.24, 2.45) is 0 Å². The molecule has 0 fully saturated rings. The first-order valence-electron chi connectivity index (χ1n) is 18.9. The van der Waals surface area contributed by atoms with Crippen molar-refractivity contribution in [1.29, 1.82) is 0 Å². The molecular formula is C51H44P4. The van der Waals surface area contributed by atoms with Crippen LogP contribution in [0.2, 0.25) is 0 Å². The van der Waals surface area contributed by atoms with Crippen molar-refractivity contribution in [3.8, 4) is 0 Å². The van der Waals surface area contributed by atoms with E-state index < -0.39 is 31.7 Å². The Labute approximate surface area is 332 Å². The van der Waals surface area contributed by atoms with Crippen LogP contribution in [0.5, 0.6) is 0 Å². The Morgan fingerprint density at radius 1 is 0.255 bits per heavy atom. The van der Waals surface area contributed by atoms with Crippen LogP contribution in [0.15, 0.2) is 243 Å². The van der Waals surface area contributed by atoms with E-state index >= 15 is 0 Å². The van der Waals surface area contributed by atoms with Crippen molar-refractivity contribution in [2.75, 3.05) is 0 Å². The Hall–Kier alpha value is -4.52. The van der Waals surface area contributed by atoms with Crippen molar-refractivity contribution in [1.82, 2.24) is 0 Å². The molecule has 0 spiro atoms. The van der Waals surface area contributed by atoms with E-state index in [1.165, 1.54) is 42.4 Å². The Morgan fingerprint density at radius 3 is 0.600 bits per heavy atom. The molecule has 8 aromatic carbocycles. The molecule has 0 saturated heterocycles. The SMILES string of the molecule is CC(P(c1ccccc1)c1ccccc1)C(P(c1ccccc1)c1ccccc1)(P(c1ccccc1)c1ccccc1)P(c1ccccc1)c1ccccc1. The maximum absolute atomic E-state index is 2.65. The zero-order chi connectivity index (χ0) is 37.3. The Morgan fingerprint density at radius 2 is 0.418 bits per heavy atom. The molecule has 8 aromatic rings. The largest absolute Gasteiger partial charge is 0.0622 e. The summed E-state index contributed by atoms with van der Waals surface area (Å²) < 4.78 is -0.314.